The van der Waals surface area contributed by atoms with E-state index in [1.165, 1.54) is 6.20 Å². The fraction of sp³-hybridized carbons (Fsp3) is 0.143. The third kappa shape index (κ3) is 3.06. The number of para-hydroxylation sites is 1. The number of thioether (sulfide) groups is 1. The van der Waals surface area contributed by atoms with Gasteiger partial charge in [-0.2, -0.15) is 0 Å². The molecule has 2 N–H and O–H groups in total. The maximum Gasteiger partial charge on any atom is 0.339 e. The zero-order chi connectivity index (χ0) is 13.8. The number of carboxylic acid groups (broad SMARTS) is 1. The van der Waals surface area contributed by atoms with Crippen molar-refractivity contribution in [3.8, 4) is 0 Å². The van der Waals surface area contributed by atoms with Crippen molar-refractivity contribution < 1.29 is 9.90 Å². The van der Waals surface area contributed by atoms with E-state index in [2.05, 4.69) is 10.3 Å². The summed E-state index contributed by atoms with van der Waals surface area (Å²) in [5, 5.41) is 12.3. The van der Waals surface area contributed by atoms with Gasteiger partial charge in [0.1, 0.15) is 5.56 Å². The van der Waals surface area contributed by atoms with Crippen LogP contribution in [0.4, 0.5) is 11.4 Å². The molecule has 0 unspecified atom stereocenters. The molecule has 0 amide bonds. The maximum atomic E-state index is 11.2. The number of nitrogens with zero attached hydrogens (tertiary/aromatic N) is 1. The van der Waals surface area contributed by atoms with Crippen LogP contribution in [0.25, 0.3) is 0 Å². The predicted molar refractivity (Wildman–Crippen MR) is 77.4 cm³/mol. The van der Waals surface area contributed by atoms with Crippen molar-refractivity contribution in [2.24, 2.45) is 0 Å². The molecule has 0 aliphatic heterocycles. The molecular formula is C14H14N2O2S. The SMILES string of the molecule is CSc1ccccc1Nc1cc(C)ncc1C(=O)O. The van der Waals surface area contributed by atoms with Crippen molar-refractivity contribution in [1.82, 2.24) is 4.98 Å². The average molecular weight is 274 g/mol. The highest BCUT2D eigenvalue weighted by molar-refractivity contribution is 7.98. The van der Waals surface area contributed by atoms with Crippen LogP contribution in [0.3, 0.4) is 0 Å². The molecule has 98 valence electrons. The van der Waals surface area contributed by atoms with E-state index in [1.807, 2.05) is 37.4 Å². The number of hydrogen-bond acceptors (Lipinski definition) is 4. The summed E-state index contributed by atoms with van der Waals surface area (Å²) in [5.41, 5.74) is 2.39. The lowest BCUT2D eigenvalue weighted by atomic mass is 10.2. The van der Waals surface area contributed by atoms with Gasteiger partial charge in [-0.3, -0.25) is 4.98 Å². The van der Waals surface area contributed by atoms with E-state index in [0.717, 1.165) is 16.3 Å². The first-order valence-corrected chi connectivity index (χ1v) is 6.94. The minimum atomic E-state index is -0.989. The van der Waals surface area contributed by atoms with Gasteiger partial charge in [-0.05, 0) is 31.4 Å². The molecule has 0 spiro atoms. The topological polar surface area (TPSA) is 62.2 Å². The Morgan fingerprint density at radius 3 is 2.74 bits per heavy atom. The Hall–Kier alpha value is -2.01. The molecule has 0 aliphatic rings. The molecule has 0 saturated carbocycles. The number of hydrogen-bond donors (Lipinski definition) is 2. The Morgan fingerprint density at radius 1 is 1.32 bits per heavy atom. The second-order valence-electron chi connectivity index (χ2n) is 4.00. The van der Waals surface area contributed by atoms with Gasteiger partial charge in [-0.15, -0.1) is 11.8 Å². The first kappa shape index (κ1) is 13.4. The molecule has 0 fully saturated rings. The predicted octanol–water partition coefficient (Wildman–Crippen LogP) is 3.55. The average Bonchev–Trinajstić information content (AvgIpc) is 2.39. The zero-order valence-corrected chi connectivity index (χ0v) is 11.5. The quantitative estimate of drug-likeness (QED) is 0.835. The highest BCUT2D eigenvalue weighted by Gasteiger charge is 2.12. The van der Waals surface area contributed by atoms with Crippen LogP contribution in [0.1, 0.15) is 16.1 Å². The number of aryl methyl sites for hydroxylation is 1. The Bertz CT molecular complexity index is 614. The number of benzene rings is 1. The lowest BCUT2D eigenvalue weighted by molar-refractivity contribution is 0.0697. The Kier molecular flexibility index (Phi) is 4.06. The summed E-state index contributed by atoms with van der Waals surface area (Å²) in [6.07, 6.45) is 3.36. The Morgan fingerprint density at radius 2 is 2.05 bits per heavy atom. The summed E-state index contributed by atoms with van der Waals surface area (Å²) in [6.45, 7) is 1.83. The van der Waals surface area contributed by atoms with Crippen LogP contribution in [0, 0.1) is 6.92 Å². The molecule has 1 aromatic carbocycles. The van der Waals surface area contributed by atoms with Crippen molar-refractivity contribution in [1.29, 1.82) is 0 Å². The van der Waals surface area contributed by atoms with Gasteiger partial charge in [0.05, 0.1) is 11.4 Å². The summed E-state index contributed by atoms with van der Waals surface area (Å²) in [5.74, 6) is -0.989. The number of pyridine rings is 1. The maximum absolute atomic E-state index is 11.2. The van der Waals surface area contributed by atoms with Gasteiger partial charge in [0.15, 0.2) is 0 Å². The van der Waals surface area contributed by atoms with Gasteiger partial charge in [-0.25, -0.2) is 4.79 Å². The highest BCUT2D eigenvalue weighted by atomic mass is 32.2. The van der Waals surface area contributed by atoms with Crippen LogP contribution in [0.5, 0.6) is 0 Å². The lowest BCUT2D eigenvalue weighted by Crippen LogP contribution is -2.04. The van der Waals surface area contributed by atoms with Gasteiger partial charge in [0, 0.05) is 16.8 Å². The number of aromatic carboxylic acids is 1. The van der Waals surface area contributed by atoms with E-state index < -0.39 is 5.97 Å². The number of aromatic nitrogens is 1. The summed E-state index contributed by atoms with van der Waals surface area (Å²) < 4.78 is 0. The zero-order valence-electron chi connectivity index (χ0n) is 10.7. The van der Waals surface area contributed by atoms with Crippen LogP contribution < -0.4 is 5.32 Å². The van der Waals surface area contributed by atoms with Gasteiger partial charge < -0.3 is 10.4 Å². The summed E-state index contributed by atoms with van der Waals surface area (Å²) in [7, 11) is 0. The second kappa shape index (κ2) is 5.75. The molecule has 0 bridgehead atoms. The van der Waals surface area contributed by atoms with E-state index in [-0.39, 0.29) is 5.56 Å². The normalized spacial score (nSPS) is 10.2. The van der Waals surface area contributed by atoms with Crippen LogP contribution in [0.15, 0.2) is 41.4 Å². The largest absolute Gasteiger partial charge is 0.478 e. The van der Waals surface area contributed by atoms with Gasteiger partial charge in [0.25, 0.3) is 0 Å². The molecule has 2 aromatic rings. The monoisotopic (exact) mass is 274 g/mol. The molecule has 1 aromatic heterocycles. The molecule has 0 saturated heterocycles. The van der Waals surface area contributed by atoms with E-state index in [4.69, 9.17) is 0 Å². The summed E-state index contributed by atoms with van der Waals surface area (Å²) >= 11 is 1.61. The molecular weight excluding hydrogens is 260 g/mol. The lowest BCUT2D eigenvalue weighted by Gasteiger charge is -2.12. The van der Waals surface area contributed by atoms with Crippen molar-refractivity contribution >= 4 is 29.1 Å². The van der Waals surface area contributed by atoms with Crippen molar-refractivity contribution in [2.75, 3.05) is 11.6 Å². The standard InChI is InChI=1S/C14H14N2O2S/c1-9-7-12(10(8-15-9)14(17)18)16-11-5-3-4-6-13(11)19-2/h3-8H,1-2H3,(H,15,16)(H,17,18). The van der Waals surface area contributed by atoms with Gasteiger partial charge >= 0.3 is 5.97 Å². The Labute approximate surface area is 115 Å². The molecule has 0 atom stereocenters. The fourth-order valence-corrected chi connectivity index (χ4v) is 2.28. The first-order valence-electron chi connectivity index (χ1n) is 5.72. The van der Waals surface area contributed by atoms with Crippen molar-refractivity contribution in [2.45, 2.75) is 11.8 Å². The number of carbonyl (C=O) groups is 1. The van der Waals surface area contributed by atoms with Crippen LogP contribution in [0.2, 0.25) is 0 Å². The smallest absolute Gasteiger partial charge is 0.339 e. The second-order valence-corrected chi connectivity index (χ2v) is 4.85. The highest BCUT2D eigenvalue weighted by Crippen LogP contribution is 2.29. The minimum absolute atomic E-state index is 0.168. The number of rotatable bonds is 4. The van der Waals surface area contributed by atoms with Crippen LogP contribution in [-0.4, -0.2) is 22.3 Å². The van der Waals surface area contributed by atoms with Crippen LogP contribution in [-0.2, 0) is 0 Å². The molecule has 4 nitrogen and oxygen atoms in total. The van der Waals surface area contributed by atoms with E-state index >= 15 is 0 Å². The van der Waals surface area contributed by atoms with Crippen LogP contribution >= 0.6 is 11.8 Å². The molecule has 2 rings (SSSR count). The summed E-state index contributed by atoms with van der Waals surface area (Å²) in [6, 6.07) is 9.51. The Balaban J connectivity index is 2.42. The van der Waals surface area contributed by atoms with E-state index in [9.17, 15) is 9.90 Å². The molecule has 0 radical (unpaired) electrons. The minimum Gasteiger partial charge on any atom is -0.478 e. The molecule has 0 aliphatic carbocycles. The molecule has 5 heteroatoms. The number of anilines is 2. The molecule has 1 heterocycles. The first-order chi connectivity index (χ1) is 9.11. The molecule has 19 heavy (non-hydrogen) atoms. The van der Waals surface area contributed by atoms with E-state index in [0.29, 0.717) is 5.69 Å². The number of carboxylic acids is 1. The van der Waals surface area contributed by atoms with Crippen molar-refractivity contribution in [3.05, 3.63) is 47.8 Å². The van der Waals surface area contributed by atoms with E-state index in [1.54, 1.807) is 17.8 Å². The fourth-order valence-electron chi connectivity index (χ4n) is 1.73. The number of nitrogens with one attached hydrogen (secondary N) is 1. The third-order valence-corrected chi connectivity index (χ3v) is 3.44. The third-order valence-electron chi connectivity index (χ3n) is 2.65. The van der Waals surface area contributed by atoms with Crippen molar-refractivity contribution in [3.63, 3.8) is 0 Å². The van der Waals surface area contributed by atoms with Gasteiger partial charge in [0.2, 0.25) is 0 Å². The van der Waals surface area contributed by atoms with Gasteiger partial charge in [-0.1, -0.05) is 12.1 Å². The summed E-state index contributed by atoms with van der Waals surface area (Å²) in [4.78, 5) is 16.3.